The molecule has 0 amide bonds. The summed E-state index contributed by atoms with van der Waals surface area (Å²) in [5, 5.41) is 4.31. The van der Waals surface area contributed by atoms with Gasteiger partial charge in [0, 0.05) is 0 Å². The fourth-order valence-electron chi connectivity index (χ4n) is 0.864. The first-order valence-corrected chi connectivity index (χ1v) is 4.41. The lowest BCUT2D eigenvalue weighted by Gasteiger charge is -2.01. The molecule has 1 aromatic heterocycles. The summed E-state index contributed by atoms with van der Waals surface area (Å²) in [5.41, 5.74) is 1.43. The lowest BCUT2D eigenvalue weighted by atomic mass is 10.0. The van der Waals surface area contributed by atoms with Gasteiger partial charge in [0.2, 0.25) is 0 Å². The summed E-state index contributed by atoms with van der Waals surface area (Å²) in [7, 11) is 0. The van der Waals surface area contributed by atoms with E-state index in [-0.39, 0.29) is 0 Å². The lowest BCUT2D eigenvalue weighted by molar-refractivity contribution is 0.727. The molecular formula is C9H12S. The Balaban J connectivity index is 2.47. The Labute approximate surface area is 66.2 Å². The molecule has 1 heteroatoms. The van der Waals surface area contributed by atoms with Crippen molar-refractivity contribution in [1.82, 2.24) is 0 Å². The summed E-state index contributed by atoms with van der Waals surface area (Å²) in [6.07, 6.45) is 3.13. The molecule has 0 aromatic carbocycles. The summed E-state index contributed by atoms with van der Waals surface area (Å²) < 4.78 is 0. The molecule has 0 aliphatic heterocycles. The Hall–Kier alpha value is -0.560. The molecule has 10 heavy (non-hydrogen) atoms. The van der Waals surface area contributed by atoms with Gasteiger partial charge in [0.05, 0.1) is 0 Å². The number of hydrogen-bond donors (Lipinski definition) is 0. The molecule has 1 heterocycles. The van der Waals surface area contributed by atoms with Crippen LogP contribution in [0.5, 0.6) is 0 Å². The Bertz CT molecular complexity index is 187. The first kappa shape index (κ1) is 7.55. The second-order valence-electron chi connectivity index (χ2n) is 2.55. The van der Waals surface area contributed by atoms with Crippen LogP contribution in [-0.4, -0.2) is 0 Å². The Morgan fingerprint density at radius 1 is 1.80 bits per heavy atom. The van der Waals surface area contributed by atoms with E-state index in [1.54, 1.807) is 11.3 Å². The second kappa shape index (κ2) is 3.57. The average molecular weight is 152 g/mol. The van der Waals surface area contributed by atoms with Gasteiger partial charge < -0.3 is 0 Å². The van der Waals surface area contributed by atoms with Crippen molar-refractivity contribution in [3.05, 3.63) is 35.0 Å². The molecule has 1 rings (SSSR count). The summed E-state index contributed by atoms with van der Waals surface area (Å²) in [6, 6.07) is 2.17. The monoisotopic (exact) mass is 152 g/mol. The van der Waals surface area contributed by atoms with Gasteiger partial charge in [-0.2, -0.15) is 11.3 Å². The van der Waals surface area contributed by atoms with Crippen molar-refractivity contribution < 1.29 is 0 Å². The maximum absolute atomic E-state index is 3.74. The van der Waals surface area contributed by atoms with E-state index in [1.165, 1.54) is 5.56 Å². The van der Waals surface area contributed by atoms with Gasteiger partial charge in [0.15, 0.2) is 0 Å². The fourth-order valence-corrected chi connectivity index (χ4v) is 1.55. The lowest BCUT2D eigenvalue weighted by Crippen LogP contribution is -1.92. The summed E-state index contributed by atoms with van der Waals surface area (Å²) >= 11 is 1.76. The molecule has 0 radical (unpaired) electrons. The van der Waals surface area contributed by atoms with Crippen LogP contribution >= 0.6 is 11.3 Å². The number of rotatable bonds is 3. The standard InChI is InChI=1S/C9H12S/c1-3-8(2)6-9-4-5-10-7-9/h3-5,7-8H,1,6H2,2H3. The van der Waals surface area contributed by atoms with Crippen molar-refractivity contribution in [2.24, 2.45) is 5.92 Å². The van der Waals surface area contributed by atoms with Crippen LogP contribution in [0.4, 0.5) is 0 Å². The normalized spacial score (nSPS) is 12.9. The third-order valence-corrected chi connectivity index (χ3v) is 2.27. The summed E-state index contributed by atoms with van der Waals surface area (Å²) in [4.78, 5) is 0. The number of thiophene rings is 1. The molecule has 0 spiro atoms. The van der Waals surface area contributed by atoms with Crippen molar-refractivity contribution in [3.63, 3.8) is 0 Å². The van der Waals surface area contributed by atoms with E-state index >= 15 is 0 Å². The minimum atomic E-state index is 0.606. The molecule has 0 aliphatic carbocycles. The molecular weight excluding hydrogens is 140 g/mol. The van der Waals surface area contributed by atoms with Crippen molar-refractivity contribution in [2.75, 3.05) is 0 Å². The minimum Gasteiger partial charge on any atom is -0.152 e. The maximum Gasteiger partial charge on any atom is -0.00610 e. The molecule has 1 aromatic rings. The van der Waals surface area contributed by atoms with Crippen LogP contribution in [0.15, 0.2) is 29.5 Å². The van der Waals surface area contributed by atoms with Gasteiger partial charge in [0.25, 0.3) is 0 Å². The molecule has 54 valence electrons. The Kier molecular flexibility index (Phi) is 2.69. The number of hydrogen-bond acceptors (Lipinski definition) is 1. The molecule has 0 saturated carbocycles. The van der Waals surface area contributed by atoms with Crippen molar-refractivity contribution >= 4 is 11.3 Å². The molecule has 0 fully saturated rings. The van der Waals surface area contributed by atoms with Gasteiger partial charge in [-0.05, 0) is 34.7 Å². The molecule has 0 saturated heterocycles. The van der Waals surface area contributed by atoms with E-state index in [9.17, 15) is 0 Å². The molecule has 0 N–H and O–H groups in total. The van der Waals surface area contributed by atoms with Crippen molar-refractivity contribution in [3.8, 4) is 0 Å². The molecule has 0 nitrogen and oxygen atoms in total. The predicted molar refractivity (Wildman–Crippen MR) is 47.4 cm³/mol. The van der Waals surface area contributed by atoms with E-state index in [4.69, 9.17) is 0 Å². The fraction of sp³-hybridized carbons (Fsp3) is 0.333. The first-order chi connectivity index (χ1) is 4.83. The zero-order valence-electron chi connectivity index (χ0n) is 6.21. The average Bonchev–Trinajstić information content (AvgIpc) is 2.40. The third kappa shape index (κ3) is 1.99. The topological polar surface area (TPSA) is 0 Å². The van der Waals surface area contributed by atoms with Crippen LogP contribution in [0, 0.1) is 5.92 Å². The van der Waals surface area contributed by atoms with Gasteiger partial charge >= 0.3 is 0 Å². The van der Waals surface area contributed by atoms with Crippen LogP contribution in [0.3, 0.4) is 0 Å². The molecule has 0 aliphatic rings. The summed E-state index contributed by atoms with van der Waals surface area (Å²) in [6.45, 7) is 5.93. The highest BCUT2D eigenvalue weighted by atomic mass is 32.1. The van der Waals surface area contributed by atoms with Gasteiger partial charge in [-0.25, -0.2) is 0 Å². The molecule has 0 bridgehead atoms. The maximum atomic E-state index is 3.74. The van der Waals surface area contributed by atoms with Gasteiger partial charge in [-0.1, -0.05) is 13.0 Å². The van der Waals surface area contributed by atoms with Crippen LogP contribution in [0.2, 0.25) is 0 Å². The van der Waals surface area contributed by atoms with Gasteiger partial charge in [0.1, 0.15) is 0 Å². The van der Waals surface area contributed by atoms with E-state index in [1.807, 2.05) is 6.08 Å². The van der Waals surface area contributed by atoms with Crippen LogP contribution < -0.4 is 0 Å². The largest absolute Gasteiger partial charge is 0.152 e. The van der Waals surface area contributed by atoms with E-state index < -0.39 is 0 Å². The van der Waals surface area contributed by atoms with E-state index in [0.717, 1.165) is 6.42 Å². The quantitative estimate of drug-likeness (QED) is 0.584. The van der Waals surface area contributed by atoms with Crippen LogP contribution in [0.1, 0.15) is 12.5 Å². The highest BCUT2D eigenvalue weighted by Crippen LogP contribution is 2.11. The Morgan fingerprint density at radius 3 is 3.10 bits per heavy atom. The molecule has 1 atom stereocenters. The highest BCUT2D eigenvalue weighted by Gasteiger charge is 1.97. The number of allylic oxidation sites excluding steroid dienone is 1. The third-order valence-electron chi connectivity index (χ3n) is 1.54. The van der Waals surface area contributed by atoms with Crippen LogP contribution in [-0.2, 0) is 6.42 Å². The second-order valence-corrected chi connectivity index (χ2v) is 3.33. The van der Waals surface area contributed by atoms with Gasteiger partial charge in [-0.3, -0.25) is 0 Å². The van der Waals surface area contributed by atoms with Crippen molar-refractivity contribution in [1.29, 1.82) is 0 Å². The first-order valence-electron chi connectivity index (χ1n) is 3.46. The SMILES string of the molecule is C=CC(C)Cc1ccsc1. The van der Waals surface area contributed by atoms with Gasteiger partial charge in [-0.15, -0.1) is 6.58 Å². The Morgan fingerprint density at radius 2 is 2.60 bits per heavy atom. The highest BCUT2D eigenvalue weighted by molar-refractivity contribution is 7.07. The predicted octanol–water partition coefficient (Wildman–Crippen LogP) is 3.11. The van der Waals surface area contributed by atoms with E-state index in [0.29, 0.717) is 5.92 Å². The zero-order valence-corrected chi connectivity index (χ0v) is 7.03. The smallest absolute Gasteiger partial charge is 0.00610 e. The zero-order chi connectivity index (χ0) is 7.40. The minimum absolute atomic E-state index is 0.606. The van der Waals surface area contributed by atoms with Crippen LogP contribution in [0.25, 0.3) is 0 Å². The summed E-state index contributed by atoms with van der Waals surface area (Å²) in [5.74, 6) is 0.606. The molecule has 1 unspecified atom stereocenters. The van der Waals surface area contributed by atoms with E-state index in [2.05, 4.69) is 30.3 Å². The van der Waals surface area contributed by atoms with Crippen molar-refractivity contribution in [2.45, 2.75) is 13.3 Å².